The van der Waals surface area contributed by atoms with Crippen molar-refractivity contribution in [2.45, 2.75) is 24.9 Å². The summed E-state index contributed by atoms with van der Waals surface area (Å²) in [5.41, 5.74) is 6.30. The van der Waals surface area contributed by atoms with Crippen LogP contribution in [0.4, 0.5) is 0 Å². The van der Waals surface area contributed by atoms with Gasteiger partial charge >= 0.3 is 0 Å². The van der Waals surface area contributed by atoms with Gasteiger partial charge in [-0.25, -0.2) is 0 Å². The highest BCUT2D eigenvalue weighted by Gasteiger charge is 2.27. The van der Waals surface area contributed by atoms with Gasteiger partial charge in [-0.1, -0.05) is 11.6 Å². The molecule has 1 saturated carbocycles. The number of nitrogens with one attached hydrogen (secondary N) is 1. The lowest BCUT2D eigenvalue weighted by atomic mass is 9.87. The van der Waals surface area contributed by atoms with Crippen molar-refractivity contribution in [3.63, 3.8) is 0 Å². The fourth-order valence-electron chi connectivity index (χ4n) is 1.71. The second kappa shape index (κ2) is 4.89. The maximum absolute atomic E-state index is 11.9. The normalized spacial score (nSPS) is 23.7. The van der Waals surface area contributed by atoms with Crippen LogP contribution < -0.4 is 11.1 Å². The Bertz CT molecular complexity index is 418. The van der Waals surface area contributed by atoms with Crippen molar-refractivity contribution in [3.8, 4) is 0 Å². The van der Waals surface area contributed by atoms with E-state index < -0.39 is 0 Å². The number of amides is 1. The lowest BCUT2D eigenvalue weighted by molar-refractivity contribution is 0.0909. The maximum Gasteiger partial charge on any atom is 0.252 e. The first-order valence-electron chi connectivity index (χ1n) is 5.08. The van der Waals surface area contributed by atoms with Gasteiger partial charge in [0.2, 0.25) is 0 Å². The summed E-state index contributed by atoms with van der Waals surface area (Å²) in [6.07, 6.45) is 1.73. The van der Waals surface area contributed by atoms with E-state index in [1.807, 2.05) is 6.07 Å². The molecule has 1 amide bonds. The van der Waals surface area contributed by atoms with Crippen LogP contribution >= 0.6 is 34.2 Å². The zero-order valence-electron chi connectivity index (χ0n) is 8.54. The van der Waals surface area contributed by atoms with E-state index in [9.17, 15) is 4.79 Å². The molecule has 1 aromatic rings. The molecule has 3 N–H and O–H groups in total. The molecule has 0 bridgehead atoms. The van der Waals surface area contributed by atoms with Crippen molar-refractivity contribution in [2.24, 2.45) is 5.73 Å². The predicted octanol–water partition coefficient (Wildman–Crippen LogP) is 2.16. The number of hydrogen-bond donors (Lipinski definition) is 2. The summed E-state index contributed by atoms with van der Waals surface area (Å²) in [5, 5.41) is 3.53. The molecule has 16 heavy (non-hydrogen) atoms. The first-order chi connectivity index (χ1) is 7.56. The highest BCUT2D eigenvalue weighted by atomic mass is 127. The minimum Gasteiger partial charge on any atom is -0.349 e. The van der Waals surface area contributed by atoms with Gasteiger partial charge < -0.3 is 11.1 Å². The largest absolute Gasteiger partial charge is 0.349 e. The second-order valence-electron chi connectivity index (χ2n) is 4.03. The Labute approximate surface area is 113 Å². The smallest absolute Gasteiger partial charge is 0.252 e. The molecule has 0 spiro atoms. The predicted molar refractivity (Wildman–Crippen MR) is 72.6 cm³/mol. The number of carbonyl (C=O) groups is 1. The number of rotatable bonds is 2. The topological polar surface area (TPSA) is 55.1 Å². The van der Waals surface area contributed by atoms with Crippen molar-refractivity contribution < 1.29 is 4.79 Å². The van der Waals surface area contributed by atoms with E-state index in [4.69, 9.17) is 17.3 Å². The Morgan fingerprint density at radius 3 is 2.81 bits per heavy atom. The molecule has 1 aliphatic carbocycles. The third kappa shape index (κ3) is 2.67. The average Bonchev–Trinajstić information content (AvgIpc) is 2.19. The Kier molecular flexibility index (Phi) is 3.71. The first kappa shape index (κ1) is 12.1. The zero-order valence-corrected chi connectivity index (χ0v) is 11.5. The van der Waals surface area contributed by atoms with E-state index in [2.05, 4.69) is 27.9 Å². The highest BCUT2D eigenvalue weighted by molar-refractivity contribution is 14.1. The van der Waals surface area contributed by atoms with Crippen molar-refractivity contribution in [1.82, 2.24) is 5.32 Å². The van der Waals surface area contributed by atoms with Crippen LogP contribution in [0.25, 0.3) is 0 Å². The first-order valence-corrected chi connectivity index (χ1v) is 6.53. The molecule has 3 nitrogen and oxygen atoms in total. The van der Waals surface area contributed by atoms with Crippen LogP contribution in [-0.2, 0) is 0 Å². The molecule has 0 radical (unpaired) electrons. The third-order valence-corrected chi connectivity index (χ3v) is 3.86. The minimum absolute atomic E-state index is 0.0659. The van der Waals surface area contributed by atoms with Crippen molar-refractivity contribution in [1.29, 1.82) is 0 Å². The molecular formula is C11H12ClIN2O. The van der Waals surface area contributed by atoms with Crippen LogP contribution in [0.15, 0.2) is 18.2 Å². The minimum atomic E-state index is -0.0659. The molecule has 0 aliphatic heterocycles. The summed E-state index contributed by atoms with van der Waals surface area (Å²) in [6, 6.07) is 5.77. The van der Waals surface area contributed by atoms with Crippen LogP contribution in [0, 0.1) is 3.57 Å². The molecule has 2 rings (SSSR count). The molecule has 1 fully saturated rings. The lowest BCUT2D eigenvalue weighted by Gasteiger charge is -2.33. The molecule has 0 atom stereocenters. The van der Waals surface area contributed by atoms with Gasteiger partial charge in [-0.2, -0.15) is 0 Å². The van der Waals surface area contributed by atoms with Gasteiger partial charge in [-0.05, 0) is 53.6 Å². The van der Waals surface area contributed by atoms with E-state index in [1.165, 1.54) is 0 Å². The number of carbonyl (C=O) groups excluding carboxylic acids is 1. The van der Waals surface area contributed by atoms with Gasteiger partial charge in [0.15, 0.2) is 0 Å². The Morgan fingerprint density at radius 1 is 1.50 bits per heavy atom. The number of hydrogen-bond acceptors (Lipinski definition) is 2. The zero-order chi connectivity index (χ0) is 11.7. The molecular weight excluding hydrogens is 338 g/mol. The Balaban J connectivity index is 2.05. The fourth-order valence-corrected chi connectivity index (χ4v) is 2.47. The maximum atomic E-state index is 11.9. The van der Waals surface area contributed by atoms with Crippen molar-refractivity contribution in [2.75, 3.05) is 0 Å². The molecule has 1 aromatic carbocycles. The van der Waals surface area contributed by atoms with E-state index >= 15 is 0 Å². The molecule has 0 aromatic heterocycles. The quantitative estimate of drug-likeness (QED) is 0.803. The van der Waals surface area contributed by atoms with Gasteiger partial charge in [0.1, 0.15) is 0 Å². The van der Waals surface area contributed by atoms with Crippen LogP contribution in [0.1, 0.15) is 23.2 Å². The van der Waals surface area contributed by atoms with Crippen LogP contribution in [0.3, 0.4) is 0 Å². The fraction of sp³-hybridized carbons (Fsp3) is 0.364. The average molecular weight is 351 g/mol. The van der Waals surface area contributed by atoms with Crippen molar-refractivity contribution >= 4 is 40.1 Å². The van der Waals surface area contributed by atoms with E-state index in [1.54, 1.807) is 12.1 Å². The molecule has 0 heterocycles. The van der Waals surface area contributed by atoms with Crippen LogP contribution in [0.5, 0.6) is 0 Å². The Hall–Kier alpha value is -0.330. The van der Waals surface area contributed by atoms with Gasteiger partial charge in [0, 0.05) is 20.7 Å². The SMILES string of the molecule is NC1CC(NC(=O)c2cc(Cl)ccc2I)C1. The Morgan fingerprint density at radius 2 is 2.19 bits per heavy atom. The van der Waals surface area contributed by atoms with Gasteiger partial charge in [0.05, 0.1) is 5.56 Å². The summed E-state index contributed by atoms with van der Waals surface area (Å²) in [7, 11) is 0. The number of nitrogens with two attached hydrogens (primary N) is 1. The monoisotopic (exact) mass is 350 g/mol. The third-order valence-electron chi connectivity index (χ3n) is 2.68. The number of halogens is 2. The summed E-state index contributed by atoms with van der Waals surface area (Å²) >= 11 is 7.99. The summed E-state index contributed by atoms with van der Waals surface area (Å²) in [5.74, 6) is -0.0659. The lowest BCUT2D eigenvalue weighted by Crippen LogP contribution is -2.50. The standard InChI is InChI=1S/C11H12ClIN2O/c12-6-1-2-10(13)9(3-6)11(16)15-8-4-7(14)5-8/h1-3,7-8H,4-5,14H2,(H,15,16). The molecule has 86 valence electrons. The van der Waals surface area contributed by atoms with E-state index in [-0.39, 0.29) is 18.0 Å². The molecule has 1 aliphatic rings. The molecule has 0 unspecified atom stereocenters. The summed E-state index contributed by atoms with van der Waals surface area (Å²) in [4.78, 5) is 11.9. The van der Waals surface area contributed by atoms with Gasteiger partial charge in [-0.15, -0.1) is 0 Å². The van der Waals surface area contributed by atoms with E-state index in [0.717, 1.165) is 16.4 Å². The number of benzene rings is 1. The van der Waals surface area contributed by atoms with E-state index in [0.29, 0.717) is 10.6 Å². The molecule has 0 saturated heterocycles. The highest BCUT2D eigenvalue weighted by Crippen LogP contribution is 2.21. The van der Waals surface area contributed by atoms with Crippen LogP contribution in [-0.4, -0.2) is 18.0 Å². The second-order valence-corrected chi connectivity index (χ2v) is 5.62. The summed E-state index contributed by atoms with van der Waals surface area (Å²) < 4.78 is 0.906. The molecule has 5 heteroatoms. The summed E-state index contributed by atoms with van der Waals surface area (Å²) in [6.45, 7) is 0. The van der Waals surface area contributed by atoms with Crippen LogP contribution in [0.2, 0.25) is 5.02 Å². The van der Waals surface area contributed by atoms with Gasteiger partial charge in [-0.3, -0.25) is 4.79 Å². The van der Waals surface area contributed by atoms with Crippen molar-refractivity contribution in [3.05, 3.63) is 32.4 Å². The van der Waals surface area contributed by atoms with Gasteiger partial charge in [0.25, 0.3) is 5.91 Å².